The minimum atomic E-state index is -0.249. The summed E-state index contributed by atoms with van der Waals surface area (Å²) in [5.41, 5.74) is 0.278. The van der Waals surface area contributed by atoms with Crippen molar-refractivity contribution in [2.75, 3.05) is 31.5 Å². The molecule has 0 atom stereocenters. The third kappa shape index (κ3) is 3.46. The van der Waals surface area contributed by atoms with Gasteiger partial charge in [-0.1, -0.05) is 23.5 Å². The van der Waals surface area contributed by atoms with Gasteiger partial charge in [0.25, 0.3) is 5.91 Å². The lowest BCUT2D eigenvalue weighted by Gasteiger charge is -2.34. The van der Waals surface area contributed by atoms with Crippen LogP contribution in [0.4, 0.5) is 9.93 Å². The Morgan fingerprint density at radius 2 is 1.79 bits per heavy atom. The van der Waals surface area contributed by atoms with E-state index in [4.69, 9.17) is 0 Å². The van der Waals surface area contributed by atoms with Gasteiger partial charge in [-0.2, -0.15) is 0 Å². The van der Waals surface area contributed by atoms with Crippen molar-refractivity contribution in [3.8, 4) is 5.75 Å². The highest BCUT2D eigenvalue weighted by Crippen LogP contribution is 2.19. The summed E-state index contributed by atoms with van der Waals surface area (Å²) in [5.74, 6) is -0.262. The number of amides is 3. The van der Waals surface area contributed by atoms with Gasteiger partial charge in [-0.15, -0.1) is 10.2 Å². The zero-order chi connectivity index (χ0) is 17.1. The summed E-state index contributed by atoms with van der Waals surface area (Å²) in [6.45, 7) is 3.48. The summed E-state index contributed by atoms with van der Waals surface area (Å²) in [6.07, 6.45) is 0. The lowest BCUT2D eigenvalue weighted by molar-refractivity contribution is 0.0668. The van der Waals surface area contributed by atoms with Crippen molar-refractivity contribution in [2.24, 2.45) is 0 Å². The molecule has 126 valence electrons. The van der Waals surface area contributed by atoms with Crippen LogP contribution in [0.15, 0.2) is 24.3 Å². The summed E-state index contributed by atoms with van der Waals surface area (Å²) in [4.78, 5) is 27.9. The first kappa shape index (κ1) is 16.2. The number of carbonyl (C=O) groups excluding carboxylic acids is 2. The van der Waals surface area contributed by atoms with Crippen LogP contribution in [0.5, 0.6) is 5.75 Å². The number of urea groups is 1. The molecule has 0 spiro atoms. The lowest BCUT2D eigenvalue weighted by Crippen LogP contribution is -2.51. The minimum absolute atomic E-state index is 0.0330. The highest BCUT2D eigenvalue weighted by Gasteiger charge is 2.26. The molecule has 0 aliphatic carbocycles. The maximum absolute atomic E-state index is 12.4. The van der Waals surface area contributed by atoms with Crippen molar-refractivity contribution in [2.45, 2.75) is 6.92 Å². The number of rotatable bonds is 2. The zero-order valence-electron chi connectivity index (χ0n) is 13.1. The van der Waals surface area contributed by atoms with Crippen LogP contribution in [0.1, 0.15) is 15.4 Å². The number of phenols is 1. The van der Waals surface area contributed by atoms with Gasteiger partial charge in [0.15, 0.2) is 0 Å². The second kappa shape index (κ2) is 6.83. The van der Waals surface area contributed by atoms with Crippen molar-refractivity contribution in [3.05, 3.63) is 34.8 Å². The summed E-state index contributed by atoms with van der Waals surface area (Å²) in [5, 5.41) is 21.4. The Morgan fingerprint density at radius 3 is 2.42 bits per heavy atom. The second-order valence-electron chi connectivity index (χ2n) is 5.35. The molecule has 9 heteroatoms. The second-order valence-corrected chi connectivity index (χ2v) is 6.53. The van der Waals surface area contributed by atoms with Crippen molar-refractivity contribution in [1.82, 2.24) is 20.0 Å². The first-order chi connectivity index (χ1) is 11.5. The molecule has 1 aromatic heterocycles. The van der Waals surface area contributed by atoms with Gasteiger partial charge in [0.2, 0.25) is 5.13 Å². The van der Waals surface area contributed by atoms with E-state index in [9.17, 15) is 14.7 Å². The van der Waals surface area contributed by atoms with E-state index >= 15 is 0 Å². The lowest BCUT2D eigenvalue weighted by atomic mass is 10.1. The fourth-order valence-corrected chi connectivity index (χ4v) is 3.04. The number of carbonyl (C=O) groups is 2. The smallest absolute Gasteiger partial charge is 0.323 e. The van der Waals surface area contributed by atoms with Gasteiger partial charge in [0.1, 0.15) is 10.8 Å². The van der Waals surface area contributed by atoms with E-state index in [1.807, 2.05) is 6.92 Å². The van der Waals surface area contributed by atoms with Crippen molar-refractivity contribution in [3.63, 3.8) is 0 Å². The summed E-state index contributed by atoms with van der Waals surface area (Å²) in [7, 11) is 0. The number of phenolic OH excluding ortho intramolecular Hbond substituents is 1. The normalized spacial score (nSPS) is 14.5. The topological polar surface area (TPSA) is 98.7 Å². The van der Waals surface area contributed by atoms with Crippen LogP contribution < -0.4 is 5.32 Å². The molecule has 24 heavy (non-hydrogen) atoms. The van der Waals surface area contributed by atoms with Crippen LogP contribution in [-0.2, 0) is 0 Å². The number of aryl methyl sites for hydroxylation is 1. The van der Waals surface area contributed by atoms with Gasteiger partial charge < -0.3 is 14.9 Å². The molecule has 8 nitrogen and oxygen atoms in total. The molecule has 0 unspecified atom stereocenters. The van der Waals surface area contributed by atoms with Gasteiger partial charge in [-0.05, 0) is 19.1 Å². The average molecular weight is 347 g/mol. The first-order valence-corrected chi connectivity index (χ1v) is 8.29. The fourth-order valence-electron chi connectivity index (χ4n) is 2.46. The summed E-state index contributed by atoms with van der Waals surface area (Å²) >= 11 is 1.31. The fraction of sp³-hybridized carbons (Fsp3) is 0.333. The molecule has 3 rings (SSSR count). The third-order valence-corrected chi connectivity index (χ3v) is 4.48. The number of nitrogens with one attached hydrogen (secondary N) is 1. The van der Waals surface area contributed by atoms with E-state index in [0.29, 0.717) is 31.3 Å². The molecule has 2 heterocycles. The largest absolute Gasteiger partial charge is 0.507 e. The zero-order valence-corrected chi connectivity index (χ0v) is 13.9. The van der Waals surface area contributed by atoms with Crippen LogP contribution in [-0.4, -0.2) is 63.2 Å². The minimum Gasteiger partial charge on any atom is -0.507 e. The van der Waals surface area contributed by atoms with Crippen molar-refractivity contribution < 1.29 is 14.7 Å². The van der Waals surface area contributed by atoms with Crippen LogP contribution in [0.25, 0.3) is 0 Å². The Morgan fingerprint density at radius 1 is 1.12 bits per heavy atom. The van der Waals surface area contributed by atoms with E-state index in [0.717, 1.165) is 5.01 Å². The molecule has 3 amide bonds. The maximum atomic E-state index is 12.4. The highest BCUT2D eigenvalue weighted by molar-refractivity contribution is 7.15. The molecule has 2 aromatic rings. The predicted octanol–water partition coefficient (Wildman–Crippen LogP) is 1.54. The van der Waals surface area contributed by atoms with Crippen molar-refractivity contribution >= 4 is 28.4 Å². The number of aromatic hydroxyl groups is 1. The molecule has 1 fully saturated rings. The summed E-state index contributed by atoms with van der Waals surface area (Å²) in [6, 6.07) is 6.21. The SMILES string of the molecule is Cc1nnc(NC(=O)N2CCN(C(=O)c3ccccc3O)CC2)s1. The number of para-hydroxylation sites is 1. The number of aromatic nitrogens is 2. The molecular weight excluding hydrogens is 330 g/mol. The van der Waals surface area contributed by atoms with Crippen LogP contribution in [0.3, 0.4) is 0 Å². The molecule has 1 aliphatic rings. The molecule has 0 bridgehead atoms. The van der Waals surface area contributed by atoms with Gasteiger partial charge in [0.05, 0.1) is 5.56 Å². The summed E-state index contributed by atoms with van der Waals surface area (Å²) < 4.78 is 0. The monoisotopic (exact) mass is 347 g/mol. The Labute approximate surface area is 142 Å². The van der Waals surface area contributed by atoms with E-state index in [2.05, 4.69) is 15.5 Å². The van der Waals surface area contributed by atoms with E-state index < -0.39 is 0 Å². The first-order valence-electron chi connectivity index (χ1n) is 7.48. The number of hydrogen-bond donors (Lipinski definition) is 2. The standard InChI is InChI=1S/C15H17N5O3S/c1-10-17-18-14(24-10)16-15(23)20-8-6-19(7-9-20)13(22)11-4-2-3-5-12(11)21/h2-5,21H,6-9H2,1H3,(H,16,18,23). The number of piperazine rings is 1. The van der Waals surface area contributed by atoms with Gasteiger partial charge in [-0.25, -0.2) is 4.79 Å². The molecular formula is C15H17N5O3S. The number of hydrogen-bond acceptors (Lipinski definition) is 6. The molecule has 2 N–H and O–H groups in total. The van der Waals surface area contributed by atoms with Crippen LogP contribution in [0, 0.1) is 6.92 Å². The Kier molecular flexibility index (Phi) is 4.61. The third-order valence-electron chi connectivity index (χ3n) is 3.73. The maximum Gasteiger partial charge on any atom is 0.323 e. The van der Waals surface area contributed by atoms with Gasteiger partial charge >= 0.3 is 6.03 Å². The highest BCUT2D eigenvalue weighted by atomic mass is 32.1. The average Bonchev–Trinajstić information content (AvgIpc) is 2.99. The molecule has 1 aliphatic heterocycles. The number of nitrogens with zero attached hydrogens (tertiary/aromatic N) is 4. The Bertz CT molecular complexity index is 755. The Balaban J connectivity index is 1.56. The van der Waals surface area contributed by atoms with Gasteiger partial charge in [0, 0.05) is 26.2 Å². The predicted molar refractivity (Wildman–Crippen MR) is 89.2 cm³/mol. The van der Waals surface area contributed by atoms with E-state index in [1.165, 1.54) is 17.4 Å². The molecule has 0 saturated carbocycles. The molecule has 0 radical (unpaired) electrons. The van der Waals surface area contributed by atoms with E-state index in [1.54, 1.807) is 28.0 Å². The van der Waals surface area contributed by atoms with E-state index in [-0.39, 0.29) is 23.3 Å². The number of benzene rings is 1. The quantitative estimate of drug-likeness (QED) is 0.859. The molecule has 1 saturated heterocycles. The Hall–Kier alpha value is -2.68. The number of anilines is 1. The van der Waals surface area contributed by atoms with Crippen molar-refractivity contribution in [1.29, 1.82) is 0 Å². The molecule has 1 aromatic carbocycles. The van der Waals surface area contributed by atoms with Gasteiger partial charge in [-0.3, -0.25) is 10.1 Å². The van der Waals surface area contributed by atoms with Crippen LogP contribution >= 0.6 is 11.3 Å². The van der Waals surface area contributed by atoms with Crippen LogP contribution in [0.2, 0.25) is 0 Å².